The fraction of sp³-hybridized carbons (Fsp3) is 0.474. The topological polar surface area (TPSA) is 74.7 Å². The summed E-state index contributed by atoms with van der Waals surface area (Å²) in [5.41, 5.74) is 3.76. The van der Waals surface area contributed by atoms with Crippen molar-refractivity contribution >= 4 is 32.9 Å². The summed E-state index contributed by atoms with van der Waals surface area (Å²) >= 11 is 1.68. The smallest absolute Gasteiger partial charge is 0.244 e. The number of rotatable bonds is 5. The van der Waals surface area contributed by atoms with Crippen LogP contribution in [0.5, 0.6) is 0 Å². The van der Waals surface area contributed by atoms with E-state index in [1.807, 2.05) is 13.0 Å². The van der Waals surface area contributed by atoms with Gasteiger partial charge in [-0.1, -0.05) is 13.8 Å². The number of nitrogens with zero attached hydrogens (tertiary/aromatic N) is 3. The van der Waals surface area contributed by atoms with Gasteiger partial charge in [-0.2, -0.15) is 9.41 Å². The molecule has 8 heteroatoms. The van der Waals surface area contributed by atoms with Gasteiger partial charge < -0.3 is 0 Å². The van der Waals surface area contributed by atoms with E-state index in [1.165, 1.54) is 11.1 Å². The lowest BCUT2D eigenvalue weighted by Gasteiger charge is -2.33. The lowest BCUT2D eigenvalue weighted by atomic mass is 9.94. The molecule has 2 atom stereocenters. The summed E-state index contributed by atoms with van der Waals surface area (Å²) in [5.74, 6) is 1.26. The summed E-state index contributed by atoms with van der Waals surface area (Å²) in [6, 6.07) is 7.33. The highest BCUT2D eigenvalue weighted by Crippen LogP contribution is 2.26. The van der Waals surface area contributed by atoms with Crippen LogP contribution in [0.2, 0.25) is 0 Å². The number of sulfonamides is 1. The molecule has 3 heterocycles. The van der Waals surface area contributed by atoms with Crippen molar-refractivity contribution in [3.05, 3.63) is 40.2 Å². The van der Waals surface area contributed by atoms with Crippen LogP contribution in [0.1, 0.15) is 36.9 Å². The van der Waals surface area contributed by atoms with Gasteiger partial charge >= 0.3 is 0 Å². The molecule has 1 aliphatic heterocycles. The summed E-state index contributed by atoms with van der Waals surface area (Å²) in [6.07, 6.45) is 2.47. The molecule has 0 saturated carbocycles. The van der Waals surface area contributed by atoms with E-state index in [1.54, 1.807) is 27.8 Å². The first-order valence-corrected chi connectivity index (χ1v) is 11.3. The molecular weight excluding hydrogens is 380 g/mol. The fourth-order valence-corrected chi connectivity index (χ4v) is 5.81. The van der Waals surface area contributed by atoms with E-state index >= 15 is 0 Å². The number of nitrogens with one attached hydrogen (secondary N) is 1. The van der Waals surface area contributed by atoms with Crippen LogP contribution in [0.4, 0.5) is 5.82 Å². The van der Waals surface area contributed by atoms with E-state index in [2.05, 4.69) is 42.3 Å². The van der Waals surface area contributed by atoms with Gasteiger partial charge in [0.2, 0.25) is 10.0 Å². The van der Waals surface area contributed by atoms with Crippen LogP contribution >= 0.6 is 11.3 Å². The van der Waals surface area contributed by atoms with Gasteiger partial charge in [0.15, 0.2) is 0 Å². The van der Waals surface area contributed by atoms with Gasteiger partial charge in [0.05, 0.1) is 10.6 Å². The van der Waals surface area contributed by atoms with Crippen molar-refractivity contribution in [3.8, 4) is 0 Å². The number of hydrogen-bond acceptors (Lipinski definition) is 6. The second-order valence-corrected chi connectivity index (χ2v) is 10.6. The van der Waals surface area contributed by atoms with Crippen molar-refractivity contribution in [1.29, 1.82) is 0 Å². The Hall–Kier alpha value is -1.77. The van der Waals surface area contributed by atoms with Gasteiger partial charge in [0.1, 0.15) is 10.7 Å². The van der Waals surface area contributed by atoms with Gasteiger partial charge in [-0.05, 0) is 56.4 Å². The first-order chi connectivity index (χ1) is 12.8. The van der Waals surface area contributed by atoms with Gasteiger partial charge in [-0.25, -0.2) is 13.4 Å². The molecule has 0 aromatic carbocycles. The molecule has 0 bridgehead atoms. The molecule has 1 N–H and O–H groups in total. The van der Waals surface area contributed by atoms with Crippen molar-refractivity contribution < 1.29 is 8.42 Å². The zero-order valence-corrected chi connectivity index (χ0v) is 17.8. The third-order valence-corrected chi connectivity index (χ3v) is 7.57. The molecule has 0 aliphatic carbocycles. The van der Waals surface area contributed by atoms with Gasteiger partial charge in [-0.15, -0.1) is 11.3 Å². The third-order valence-electron chi connectivity index (χ3n) is 4.64. The fourth-order valence-electron chi connectivity index (χ4n) is 3.38. The minimum absolute atomic E-state index is 0.226. The van der Waals surface area contributed by atoms with E-state index < -0.39 is 10.0 Å². The van der Waals surface area contributed by atoms with Crippen LogP contribution in [0.15, 0.2) is 40.5 Å². The van der Waals surface area contributed by atoms with Crippen molar-refractivity contribution in [2.75, 3.05) is 18.5 Å². The highest BCUT2D eigenvalue weighted by atomic mass is 32.2. The maximum absolute atomic E-state index is 12.9. The minimum Gasteiger partial charge on any atom is -0.261 e. The number of anilines is 1. The Labute approximate surface area is 165 Å². The van der Waals surface area contributed by atoms with Crippen LogP contribution in [0, 0.1) is 18.8 Å². The quantitative estimate of drug-likeness (QED) is 0.602. The number of aromatic nitrogens is 1. The molecule has 0 unspecified atom stereocenters. The number of aryl methyl sites for hydroxylation is 1. The summed E-state index contributed by atoms with van der Waals surface area (Å²) < 4.78 is 27.3. The van der Waals surface area contributed by atoms with Crippen molar-refractivity contribution in [2.45, 2.75) is 39.0 Å². The minimum atomic E-state index is -3.51. The average molecular weight is 407 g/mol. The molecule has 6 nitrogen and oxygen atoms in total. The molecule has 3 rings (SSSR count). The van der Waals surface area contributed by atoms with Gasteiger partial charge in [-0.3, -0.25) is 5.43 Å². The summed E-state index contributed by atoms with van der Waals surface area (Å²) in [6.45, 7) is 9.31. The van der Waals surface area contributed by atoms with Crippen molar-refractivity contribution in [2.24, 2.45) is 16.9 Å². The maximum atomic E-state index is 12.9. The van der Waals surface area contributed by atoms with Crippen LogP contribution in [-0.4, -0.2) is 36.5 Å². The van der Waals surface area contributed by atoms with Crippen LogP contribution in [-0.2, 0) is 10.0 Å². The Kier molecular flexibility index (Phi) is 5.98. The molecule has 0 spiro atoms. The summed E-state index contributed by atoms with van der Waals surface area (Å²) in [7, 11) is -3.51. The number of hydrazone groups is 1. The van der Waals surface area contributed by atoms with E-state index in [4.69, 9.17) is 0 Å². The van der Waals surface area contributed by atoms with Gasteiger partial charge in [0.25, 0.3) is 0 Å². The molecule has 146 valence electrons. The lowest BCUT2D eigenvalue weighted by Crippen LogP contribution is -2.42. The van der Waals surface area contributed by atoms with Crippen molar-refractivity contribution in [3.63, 3.8) is 0 Å². The Morgan fingerprint density at radius 3 is 2.48 bits per heavy atom. The SMILES string of the molecule is C/C(=N/Nc1ccc(S(=O)(=O)N2C[C@H](C)C[C@H](C)C2)cn1)c1ccc(C)s1. The van der Waals surface area contributed by atoms with E-state index in [0.29, 0.717) is 30.7 Å². The Morgan fingerprint density at radius 1 is 1.22 bits per heavy atom. The summed E-state index contributed by atoms with van der Waals surface area (Å²) in [5, 5.41) is 4.33. The molecule has 0 radical (unpaired) electrons. The Balaban J connectivity index is 1.71. The molecule has 27 heavy (non-hydrogen) atoms. The molecule has 1 aliphatic rings. The van der Waals surface area contributed by atoms with E-state index in [9.17, 15) is 8.42 Å². The largest absolute Gasteiger partial charge is 0.261 e. The average Bonchev–Trinajstić information content (AvgIpc) is 3.06. The number of thiophene rings is 1. The molecule has 1 fully saturated rings. The van der Waals surface area contributed by atoms with Crippen LogP contribution in [0.3, 0.4) is 0 Å². The van der Waals surface area contributed by atoms with E-state index in [-0.39, 0.29) is 4.90 Å². The first-order valence-electron chi connectivity index (χ1n) is 9.09. The summed E-state index contributed by atoms with van der Waals surface area (Å²) in [4.78, 5) is 6.77. The highest BCUT2D eigenvalue weighted by molar-refractivity contribution is 7.89. The Morgan fingerprint density at radius 2 is 1.93 bits per heavy atom. The van der Waals surface area contributed by atoms with Crippen LogP contribution in [0.25, 0.3) is 0 Å². The predicted molar refractivity (Wildman–Crippen MR) is 111 cm³/mol. The van der Waals surface area contributed by atoms with E-state index in [0.717, 1.165) is 17.0 Å². The molecule has 1 saturated heterocycles. The highest BCUT2D eigenvalue weighted by Gasteiger charge is 2.31. The Bertz CT molecular complexity index is 909. The molecule has 0 amide bonds. The second-order valence-electron chi connectivity index (χ2n) is 7.37. The molecule has 2 aromatic heterocycles. The molecule has 2 aromatic rings. The zero-order valence-electron chi connectivity index (χ0n) is 16.1. The predicted octanol–water partition coefficient (Wildman–Crippen LogP) is 3.95. The number of hydrogen-bond donors (Lipinski definition) is 1. The van der Waals surface area contributed by atoms with Crippen molar-refractivity contribution in [1.82, 2.24) is 9.29 Å². The van der Waals surface area contributed by atoms with Crippen LogP contribution < -0.4 is 5.43 Å². The first kappa shape index (κ1) is 20.0. The standard InChI is InChI=1S/C19H26N4O2S2/c1-13-9-14(2)12-23(11-13)27(24,25)17-6-8-19(20-10-17)22-21-16(4)18-7-5-15(3)26-18/h5-8,10,13-14H,9,11-12H2,1-4H3,(H,20,22)/b21-16-/t13-,14+. The lowest BCUT2D eigenvalue weighted by molar-refractivity contribution is 0.222. The third kappa shape index (κ3) is 4.75. The zero-order chi connectivity index (χ0) is 19.6. The van der Waals surface area contributed by atoms with Gasteiger partial charge in [0, 0.05) is 24.2 Å². The number of piperidine rings is 1. The second kappa shape index (κ2) is 8.08. The maximum Gasteiger partial charge on any atom is 0.244 e. The normalized spacial score (nSPS) is 22.0. The molecular formula is C19H26N4O2S2. The monoisotopic (exact) mass is 406 g/mol. The number of pyridine rings is 1.